The van der Waals surface area contributed by atoms with Gasteiger partial charge in [-0.2, -0.15) is 0 Å². The zero-order chi connectivity index (χ0) is 35.5. The maximum atomic E-state index is 6.50. The number of hydrogen-bond donors (Lipinski definition) is 0. The third-order valence-electron chi connectivity index (χ3n) is 10.0. The van der Waals surface area contributed by atoms with E-state index in [2.05, 4.69) is 176 Å². The van der Waals surface area contributed by atoms with Gasteiger partial charge in [-0.3, -0.25) is 9.80 Å². The Morgan fingerprint density at radius 1 is 0.510 bits per heavy atom. The number of ether oxygens (including phenoxy) is 2. The second kappa shape index (κ2) is 18.4. The van der Waals surface area contributed by atoms with Gasteiger partial charge in [-0.25, -0.2) is 0 Å². The van der Waals surface area contributed by atoms with Crippen LogP contribution in [0.15, 0.2) is 97.1 Å². The van der Waals surface area contributed by atoms with E-state index >= 15 is 0 Å². The van der Waals surface area contributed by atoms with Gasteiger partial charge in [-0.1, -0.05) is 84.4 Å². The quantitative estimate of drug-likeness (QED) is 0.0990. The highest BCUT2D eigenvalue weighted by Crippen LogP contribution is 2.37. The van der Waals surface area contributed by atoms with Crippen LogP contribution < -0.4 is 9.47 Å². The third kappa shape index (κ3) is 10.7. The molecule has 4 nitrogen and oxygen atoms in total. The van der Waals surface area contributed by atoms with Crippen LogP contribution in [0.25, 0.3) is 0 Å². The molecular formula is C45H62N2O2. The van der Waals surface area contributed by atoms with E-state index in [9.17, 15) is 0 Å². The summed E-state index contributed by atoms with van der Waals surface area (Å²) in [7, 11) is 0. The first-order valence-corrected chi connectivity index (χ1v) is 18.5. The maximum Gasteiger partial charge on any atom is 0.230 e. The molecule has 0 aliphatic rings. The summed E-state index contributed by atoms with van der Waals surface area (Å²) in [5, 5.41) is 0. The van der Waals surface area contributed by atoms with Crippen LogP contribution in [0.3, 0.4) is 0 Å². The van der Waals surface area contributed by atoms with Gasteiger partial charge in [-0.15, -0.1) is 0 Å². The molecule has 0 saturated heterocycles. The predicted octanol–water partition coefficient (Wildman–Crippen LogP) is 11.0. The molecule has 2 atom stereocenters. The number of rotatable bonds is 18. The minimum atomic E-state index is 0.147. The van der Waals surface area contributed by atoms with Gasteiger partial charge in [0.25, 0.3) is 0 Å². The van der Waals surface area contributed by atoms with Crippen molar-refractivity contribution in [3.63, 3.8) is 0 Å². The van der Waals surface area contributed by atoms with Crippen LogP contribution in [0.2, 0.25) is 0 Å². The standard InChI is InChI=1S/C45H62N2O2/c1-32(2)46(33(3)4)27-25-41(38-17-13-11-14-18-38)43-30-40(23-22-37(43)10)48-31-49-45-24-21-36(9)29-44(45)42(39-19-15-12-16-20-39)26-28-47(34(5)6)35(7)8/h11-24,29-30,32-35,41-42H,25-28,31H2,1-10H3. The maximum absolute atomic E-state index is 6.50. The summed E-state index contributed by atoms with van der Waals surface area (Å²) in [6.45, 7) is 24.9. The lowest BCUT2D eigenvalue weighted by Gasteiger charge is -2.32. The van der Waals surface area contributed by atoms with Crippen LogP contribution in [0.1, 0.15) is 113 Å². The second-order valence-corrected chi connectivity index (χ2v) is 14.8. The molecule has 0 saturated carbocycles. The topological polar surface area (TPSA) is 24.9 Å². The van der Waals surface area contributed by atoms with Crippen molar-refractivity contribution in [1.29, 1.82) is 0 Å². The molecule has 4 aromatic carbocycles. The monoisotopic (exact) mass is 662 g/mol. The van der Waals surface area contributed by atoms with Crippen LogP contribution in [0.4, 0.5) is 0 Å². The fourth-order valence-electron chi connectivity index (χ4n) is 7.47. The minimum Gasteiger partial charge on any atom is -0.457 e. The number of aryl methyl sites for hydroxylation is 2. The molecule has 0 aliphatic heterocycles. The van der Waals surface area contributed by atoms with Crippen molar-refractivity contribution in [2.45, 2.75) is 118 Å². The summed E-state index contributed by atoms with van der Waals surface area (Å²) in [4.78, 5) is 5.17. The smallest absolute Gasteiger partial charge is 0.230 e. The van der Waals surface area contributed by atoms with E-state index in [0.717, 1.165) is 37.4 Å². The van der Waals surface area contributed by atoms with Crippen LogP contribution in [-0.2, 0) is 0 Å². The molecule has 0 aromatic heterocycles. The third-order valence-corrected chi connectivity index (χ3v) is 10.0. The zero-order valence-electron chi connectivity index (χ0n) is 31.9. The van der Waals surface area contributed by atoms with Gasteiger partial charge in [0.05, 0.1) is 0 Å². The number of nitrogens with zero attached hydrogens (tertiary/aromatic N) is 2. The fraction of sp³-hybridized carbons (Fsp3) is 0.467. The molecule has 4 rings (SSSR count). The molecule has 4 aromatic rings. The molecule has 49 heavy (non-hydrogen) atoms. The first-order chi connectivity index (χ1) is 23.5. The average molecular weight is 663 g/mol. The second-order valence-electron chi connectivity index (χ2n) is 14.8. The van der Waals surface area contributed by atoms with Crippen molar-refractivity contribution < 1.29 is 9.47 Å². The lowest BCUT2D eigenvalue weighted by Crippen LogP contribution is -2.38. The summed E-state index contributed by atoms with van der Waals surface area (Å²) in [6.07, 6.45) is 2.05. The molecule has 0 aliphatic carbocycles. The summed E-state index contributed by atoms with van der Waals surface area (Å²) >= 11 is 0. The molecule has 4 heteroatoms. The van der Waals surface area contributed by atoms with E-state index in [0.29, 0.717) is 24.2 Å². The first kappa shape index (κ1) is 38.2. The van der Waals surface area contributed by atoms with E-state index in [1.807, 2.05) is 0 Å². The van der Waals surface area contributed by atoms with Crippen LogP contribution in [-0.4, -0.2) is 53.8 Å². The Morgan fingerprint density at radius 3 is 1.49 bits per heavy atom. The normalized spacial score (nSPS) is 13.2. The summed E-state index contributed by atoms with van der Waals surface area (Å²) in [5.74, 6) is 2.21. The Balaban J connectivity index is 1.57. The van der Waals surface area contributed by atoms with Gasteiger partial charge >= 0.3 is 0 Å². The highest BCUT2D eigenvalue weighted by atomic mass is 16.7. The van der Waals surface area contributed by atoms with Crippen molar-refractivity contribution in [1.82, 2.24) is 9.80 Å². The highest BCUT2D eigenvalue weighted by Gasteiger charge is 2.23. The van der Waals surface area contributed by atoms with Gasteiger partial charge in [-0.05, 0) is 136 Å². The van der Waals surface area contributed by atoms with Crippen molar-refractivity contribution in [2.75, 3.05) is 19.9 Å². The van der Waals surface area contributed by atoms with Crippen molar-refractivity contribution in [3.8, 4) is 11.5 Å². The first-order valence-electron chi connectivity index (χ1n) is 18.5. The van der Waals surface area contributed by atoms with E-state index < -0.39 is 0 Å². The lowest BCUT2D eigenvalue weighted by atomic mass is 9.85. The van der Waals surface area contributed by atoms with Crippen LogP contribution in [0, 0.1) is 13.8 Å². The summed E-state index contributed by atoms with van der Waals surface area (Å²) in [5.41, 5.74) is 7.71. The Morgan fingerprint density at radius 2 is 1.00 bits per heavy atom. The van der Waals surface area contributed by atoms with E-state index in [4.69, 9.17) is 9.47 Å². The fourth-order valence-corrected chi connectivity index (χ4v) is 7.47. The SMILES string of the molecule is Cc1ccc(OCOc2ccc(C)c(C(CCN(C(C)C)C(C)C)c3ccccc3)c2)c(C(CCN(C(C)C)C(C)C)c2ccccc2)c1. The molecule has 2 unspecified atom stereocenters. The largest absolute Gasteiger partial charge is 0.457 e. The Labute approximate surface area is 298 Å². The Kier molecular flexibility index (Phi) is 14.4. The Bertz CT molecular complexity index is 1530. The highest BCUT2D eigenvalue weighted by molar-refractivity contribution is 5.45. The van der Waals surface area contributed by atoms with Gasteiger partial charge in [0.15, 0.2) is 0 Å². The van der Waals surface area contributed by atoms with Crippen molar-refractivity contribution in [2.24, 2.45) is 0 Å². The molecule has 0 radical (unpaired) electrons. The van der Waals surface area contributed by atoms with Gasteiger partial charge in [0.2, 0.25) is 6.79 Å². The zero-order valence-corrected chi connectivity index (χ0v) is 31.9. The average Bonchev–Trinajstić information content (AvgIpc) is 3.07. The molecule has 0 N–H and O–H groups in total. The lowest BCUT2D eigenvalue weighted by molar-refractivity contribution is 0.118. The number of hydrogen-bond acceptors (Lipinski definition) is 4. The van der Waals surface area contributed by atoms with Gasteiger partial charge < -0.3 is 9.47 Å². The minimum absolute atomic E-state index is 0.147. The van der Waals surface area contributed by atoms with Crippen LogP contribution >= 0.6 is 0 Å². The molecule has 0 amide bonds. The van der Waals surface area contributed by atoms with E-state index in [1.165, 1.54) is 33.4 Å². The van der Waals surface area contributed by atoms with Gasteiger partial charge in [0.1, 0.15) is 11.5 Å². The summed E-state index contributed by atoms with van der Waals surface area (Å²) < 4.78 is 12.9. The molecule has 264 valence electrons. The number of benzene rings is 4. The molecule has 0 bridgehead atoms. The summed E-state index contributed by atoms with van der Waals surface area (Å²) in [6, 6.07) is 36.9. The van der Waals surface area contributed by atoms with Crippen LogP contribution in [0.5, 0.6) is 11.5 Å². The van der Waals surface area contributed by atoms with E-state index in [1.54, 1.807) is 0 Å². The van der Waals surface area contributed by atoms with Crippen molar-refractivity contribution >= 4 is 0 Å². The molecular weight excluding hydrogens is 601 g/mol. The van der Waals surface area contributed by atoms with E-state index in [-0.39, 0.29) is 18.6 Å². The predicted molar refractivity (Wildman–Crippen MR) is 208 cm³/mol. The van der Waals surface area contributed by atoms with Gasteiger partial charge in [0, 0.05) is 41.6 Å². The molecule has 0 fully saturated rings. The molecule has 0 heterocycles. The van der Waals surface area contributed by atoms with Crippen molar-refractivity contribution in [3.05, 3.63) is 130 Å². The Hall–Kier alpha value is -3.60. The molecule has 0 spiro atoms.